The van der Waals surface area contributed by atoms with E-state index in [4.69, 9.17) is 0 Å². The molecule has 1 aliphatic rings. The van der Waals surface area contributed by atoms with E-state index in [1.807, 2.05) is 18.2 Å². The van der Waals surface area contributed by atoms with Gasteiger partial charge in [0.2, 0.25) is 0 Å². The van der Waals surface area contributed by atoms with Crippen LogP contribution in [0.2, 0.25) is 0 Å². The second kappa shape index (κ2) is 8.00. The van der Waals surface area contributed by atoms with Crippen molar-refractivity contribution in [2.75, 3.05) is 43.4 Å². The number of aromatic nitrogens is 1. The van der Waals surface area contributed by atoms with E-state index in [1.165, 1.54) is 32.4 Å². The minimum Gasteiger partial charge on any atom is -0.370 e. The highest BCUT2D eigenvalue weighted by molar-refractivity contribution is 5.44. The first-order chi connectivity index (χ1) is 9.38. The lowest BCUT2D eigenvalue weighted by molar-refractivity contribution is 0.237. The molecule has 0 atom stereocenters. The van der Waals surface area contributed by atoms with E-state index in [0.717, 1.165) is 37.7 Å². The second-order valence-corrected chi connectivity index (χ2v) is 5.16. The molecule has 4 heteroatoms. The Kier molecular flexibility index (Phi) is 5.95. The number of rotatable bonds is 7. The number of likely N-dealkylation sites (tertiary alicyclic amines) is 1. The molecule has 0 aromatic carbocycles. The van der Waals surface area contributed by atoms with Crippen LogP contribution in [0.3, 0.4) is 0 Å². The standard InChI is InChI=1S/C15H26N4/c1-2-9-16-14-7-6-8-15(18-14)17-10-13-19-11-4-3-5-12-19/h6-8H,2-5,9-13H2,1H3,(H2,16,17,18). The third-order valence-electron chi connectivity index (χ3n) is 3.49. The number of hydrogen-bond acceptors (Lipinski definition) is 4. The molecule has 0 radical (unpaired) electrons. The monoisotopic (exact) mass is 262 g/mol. The molecule has 1 aromatic rings. The van der Waals surface area contributed by atoms with E-state index in [0.29, 0.717) is 0 Å². The maximum absolute atomic E-state index is 4.55. The largest absolute Gasteiger partial charge is 0.370 e. The second-order valence-electron chi connectivity index (χ2n) is 5.16. The van der Waals surface area contributed by atoms with Gasteiger partial charge in [-0.25, -0.2) is 4.98 Å². The zero-order valence-corrected chi connectivity index (χ0v) is 12.0. The number of piperidine rings is 1. The lowest BCUT2D eigenvalue weighted by atomic mass is 10.1. The van der Waals surface area contributed by atoms with Gasteiger partial charge in [-0.3, -0.25) is 0 Å². The SMILES string of the molecule is CCCNc1cccc(NCCN2CCCCC2)n1. The van der Waals surface area contributed by atoms with Crippen molar-refractivity contribution in [2.24, 2.45) is 0 Å². The number of nitrogens with one attached hydrogen (secondary N) is 2. The minimum absolute atomic E-state index is 0.963. The van der Waals surface area contributed by atoms with Gasteiger partial charge in [-0.05, 0) is 44.5 Å². The fourth-order valence-electron chi connectivity index (χ4n) is 2.41. The third kappa shape index (κ3) is 5.07. The molecule has 0 saturated carbocycles. The highest BCUT2D eigenvalue weighted by Crippen LogP contribution is 2.10. The summed E-state index contributed by atoms with van der Waals surface area (Å²) in [7, 11) is 0. The van der Waals surface area contributed by atoms with Crippen LogP contribution in [-0.4, -0.2) is 42.6 Å². The molecule has 0 bridgehead atoms. The Labute approximate surface area is 116 Å². The van der Waals surface area contributed by atoms with Gasteiger partial charge in [0, 0.05) is 19.6 Å². The van der Waals surface area contributed by atoms with E-state index in [9.17, 15) is 0 Å². The van der Waals surface area contributed by atoms with E-state index in [2.05, 4.69) is 27.4 Å². The van der Waals surface area contributed by atoms with E-state index in [-0.39, 0.29) is 0 Å². The van der Waals surface area contributed by atoms with Gasteiger partial charge in [-0.2, -0.15) is 0 Å². The number of hydrogen-bond donors (Lipinski definition) is 2. The summed E-state index contributed by atoms with van der Waals surface area (Å²) in [5.41, 5.74) is 0. The molecule has 0 unspecified atom stereocenters. The number of nitrogens with zero attached hydrogens (tertiary/aromatic N) is 2. The first-order valence-corrected chi connectivity index (χ1v) is 7.55. The van der Waals surface area contributed by atoms with Crippen molar-refractivity contribution in [1.29, 1.82) is 0 Å². The summed E-state index contributed by atoms with van der Waals surface area (Å²) in [5, 5.41) is 6.73. The molecule has 2 N–H and O–H groups in total. The van der Waals surface area contributed by atoms with Crippen LogP contribution in [-0.2, 0) is 0 Å². The average Bonchev–Trinajstić information content (AvgIpc) is 2.47. The van der Waals surface area contributed by atoms with Gasteiger partial charge in [0.05, 0.1) is 0 Å². The Bertz CT molecular complexity index is 361. The maximum atomic E-state index is 4.55. The Hall–Kier alpha value is -1.29. The molecule has 19 heavy (non-hydrogen) atoms. The predicted octanol–water partition coefficient (Wildman–Crippen LogP) is 2.80. The molecule has 0 spiro atoms. The Morgan fingerprint density at radius 1 is 1.05 bits per heavy atom. The topological polar surface area (TPSA) is 40.2 Å². The zero-order valence-electron chi connectivity index (χ0n) is 12.0. The fraction of sp³-hybridized carbons (Fsp3) is 0.667. The highest BCUT2D eigenvalue weighted by atomic mass is 15.1. The molecule has 0 aliphatic carbocycles. The number of pyridine rings is 1. The van der Waals surface area contributed by atoms with E-state index in [1.54, 1.807) is 0 Å². The first-order valence-electron chi connectivity index (χ1n) is 7.55. The van der Waals surface area contributed by atoms with Crippen LogP contribution >= 0.6 is 0 Å². The third-order valence-corrected chi connectivity index (χ3v) is 3.49. The summed E-state index contributed by atoms with van der Waals surface area (Å²) >= 11 is 0. The van der Waals surface area contributed by atoms with Crippen molar-refractivity contribution in [1.82, 2.24) is 9.88 Å². The lowest BCUT2D eigenvalue weighted by Crippen LogP contribution is -2.33. The molecule has 1 aliphatic heterocycles. The fourth-order valence-corrected chi connectivity index (χ4v) is 2.41. The first kappa shape index (κ1) is 14.1. The molecule has 2 heterocycles. The Balaban J connectivity index is 1.72. The van der Waals surface area contributed by atoms with Crippen LogP contribution in [0.15, 0.2) is 18.2 Å². The van der Waals surface area contributed by atoms with Crippen molar-refractivity contribution < 1.29 is 0 Å². The van der Waals surface area contributed by atoms with Gasteiger partial charge in [0.15, 0.2) is 0 Å². The summed E-state index contributed by atoms with van der Waals surface area (Å²) in [6, 6.07) is 6.10. The van der Waals surface area contributed by atoms with Gasteiger partial charge in [0.25, 0.3) is 0 Å². The Morgan fingerprint density at radius 2 is 1.74 bits per heavy atom. The highest BCUT2D eigenvalue weighted by Gasteiger charge is 2.08. The number of anilines is 2. The molecule has 4 nitrogen and oxygen atoms in total. The van der Waals surface area contributed by atoms with Crippen LogP contribution in [0, 0.1) is 0 Å². The molecular weight excluding hydrogens is 236 g/mol. The van der Waals surface area contributed by atoms with Crippen molar-refractivity contribution in [3.05, 3.63) is 18.2 Å². The molecular formula is C15H26N4. The van der Waals surface area contributed by atoms with E-state index < -0.39 is 0 Å². The quantitative estimate of drug-likeness (QED) is 0.793. The zero-order chi connectivity index (χ0) is 13.3. The van der Waals surface area contributed by atoms with Gasteiger partial charge >= 0.3 is 0 Å². The smallest absolute Gasteiger partial charge is 0.128 e. The molecule has 1 fully saturated rings. The summed E-state index contributed by atoms with van der Waals surface area (Å²) in [4.78, 5) is 7.09. The summed E-state index contributed by atoms with van der Waals surface area (Å²) in [6.45, 7) is 7.75. The van der Waals surface area contributed by atoms with Crippen molar-refractivity contribution in [2.45, 2.75) is 32.6 Å². The van der Waals surface area contributed by atoms with Crippen LogP contribution < -0.4 is 10.6 Å². The van der Waals surface area contributed by atoms with Gasteiger partial charge < -0.3 is 15.5 Å². The Morgan fingerprint density at radius 3 is 2.42 bits per heavy atom. The van der Waals surface area contributed by atoms with Crippen LogP contribution in [0.5, 0.6) is 0 Å². The van der Waals surface area contributed by atoms with Crippen LogP contribution in [0.25, 0.3) is 0 Å². The van der Waals surface area contributed by atoms with Crippen LogP contribution in [0.1, 0.15) is 32.6 Å². The maximum Gasteiger partial charge on any atom is 0.128 e. The molecule has 0 amide bonds. The van der Waals surface area contributed by atoms with Gasteiger partial charge in [-0.15, -0.1) is 0 Å². The minimum atomic E-state index is 0.963. The van der Waals surface area contributed by atoms with Crippen molar-refractivity contribution >= 4 is 11.6 Å². The van der Waals surface area contributed by atoms with Gasteiger partial charge in [0.1, 0.15) is 11.6 Å². The molecule has 1 saturated heterocycles. The summed E-state index contributed by atoms with van der Waals surface area (Å²) in [5.74, 6) is 1.93. The van der Waals surface area contributed by atoms with Crippen molar-refractivity contribution in [3.63, 3.8) is 0 Å². The summed E-state index contributed by atoms with van der Waals surface area (Å²) < 4.78 is 0. The van der Waals surface area contributed by atoms with Crippen molar-refractivity contribution in [3.8, 4) is 0 Å². The molecule has 1 aromatic heterocycles. The normalized spacial score (nSPS) is 16.3. The molecule has 2 rings (SSSR count). The molecule has 106 valence electrons. The van der Waals surface area contributed by atoms with Crippen LogP contribution in [0.4, 0.5) is 11.6 Å². The van der Waals surface area contributed by atoms with E-state index >= 15 is 0 Å². The lowest BCUT2D eigenvalue weighted by Gasteiger charge is -2.26. The average molecular weight is 262 g/mol. The predicted molar refractivity (Wildman–Crippen MR) is 81.8 cm³/mol. The summed E-state index contributed by atoms with van der Waals surface area (Å²) in [6.07, 6.45) is 5.23. The van der Waals surface area contributed by atoms with Gasteiger partial charge in [-0.1, -0.05) is 19.4 Å².